The summed E-state index contributed by atoms with van der Waals surface area (Å²) in [5.41, 5.74) is 5.87. The van der Waals surface area contributed by atoms with Crippen LogP contribution in [-0.4, -0.2) is 53.8 Å². The van der Waals surface area contributed by atoms with E-state index in [0.717, 1.165) is 32.1 Å². The number of hydrogen-bond acceptors (Lipinski definition) is 6. The number of rotatable bonds is 10. The first-order chi connectivity index (χ1) is 15.9. The highest BCUT2D eigenvalue weighted by atomic mass is 16.6. The van der Waals surface area contributed by atoms with Crippen molar-refractivity contribution in [2.75, 3.05) is 13.2 Å². The monoisotopic (exact) mass is 478 g/mol. The number of nitrogens with two attached hydrogens (primary N) is 2. The van der Waals surface area contributed by atoms with Crippen LogP contribution < -0.4 is 16.9 Å². The van der Waals surface area contributed by atoms with Gasteiger partial charge >= 0.3 is 0 Å². The van der Waals surface area contributed by atoms with Gasteiger partial charge in [0.15, 0.2) is 5.78 Å². The third kappa shape index (κ3) is 5.49. The SMILES string of the molecule is CC(C)[C@@]1(C2CCC2)C[C@@H](C(=O)NC(CC2CCC2)C(=O)CON)N(C(=O)[C@@H](N)C(C)(C)C)C1. The molecule has 194 valence electrons. The Morgan fingerprint density at radius 2 is 1.74 bits per heavy atom. The van der Waals surface area contributed by atoms with E-state index in [1.807, 2.05) is 20.8 Å². The van der Waals surface area contributed by atoms with Crippen LogP contribution in [0.25, 0.3) is 0 Å². The standard InChI is InChI=1S/C26H46N4O4/c1-16(2)26(18-10-7-11-18)13-20(30(15-26)24(33)22(27)25(3,4)5)23(32)29-19(21(31)14-34-28)12-17-8-6-9-17/h16-20,22H,6-15,27-28H2,1-5H3,(H,29,32)/t19?,20-,22+,26+/m0/s1. The Hall–Kier alpha value is -1.51. The van der Waals surface area contributed by atoms with E-state index >= 15 is 0 Å². The maximum absolute atomic E-state index is 13.7. The van der Waals surface area contributed by atoms with E-state index in [2.05, 4.69) is 24.0 Å². The molecule has 8 heteroatoms. The van der Waals surface area contributed by atoms with Crippen LogP contribution in [0.1, 0.15) is 86.0 Å². The average molecular weight is 479 g/mol. The summed E-state index contributed by atoms with van der Waals surface area (Å²) in [6.45, 7) is 10.5. The Kier molecular flexibility index (Phi) is 8.46. The molecule has 0 aromatic rings. The Bertz CT molecular complexity index is 756. The van der Waals surface area contributed by atoms with Gasteiger partial charge in [0.2, 0.25) is 11.8 Å². The first-order valence-electron chi connectivity index (χ1n) is 13.1. The zero-order valence-electron chi connectivity index (χ0n) is 21.8. The predicted molar refractivity (Wildman–Crippen MR) is 131 cm³/mol. The summed E-state index contributed by atoms with van der Waals surface area (Å²) >= 11 is 0. The van der Waals surface area contributed by atoms with E-state index in [4.69, 9.17) is 11.6 Å². The molecule has 2 amide bonds. The zero-order chi connectivity index (χ0) is 25.3. The predicted octanol–water partition coefficient (Wildman–Crippen LogP) is 2.54. The number of Topliss-reactive ketones (excluding diaryl/α,β-unsaturated/α-hetero) is 1. The fourth-order valence-electron chi connectivity index (χ4n) is 5.93. The van der Waals surface area contributed by atoms with Gasteiger partial charge in [-0.2, -0.15) is 0 Å². The molecule has 1 heterocycles. The second-order valence-corrected chi connectivity index (χ2v) is 12.4. The largest absolute Gasteiger partial charge is 0.344 e. The van der Waals surface area contributed by atoms with Crippen LogP contribution in [0.3, 0.4) is 0 Å². The fourth-order valence-corrected chi connectivity index (χ4v) is 5.93. The highest BCUT2D eigenvalue weighted by Crippen LogP contribution is 2.54. The van der Waals surface area contributed by atoms with E-state index < -0.39 is 23.5 Å². The lowest BCUT2D eigenvalue weighted by atomic mass is 9.59. The first-order valence-corrected chi connectivity index (χ1v) is 13.1. The zero-order valence-corrected chi connectivity index (χ0v) is 21.8. The highest BCUT2D eigenvalue weighted by Gasteiger charge is 2.56. The van der Waals surface area contributed by atoms with E-state index in [1.165, 1.54) is 6.42 Å². The Morgan fingerprint density at radius 1 is 1.12 bits per heavy atom. The van der Waals surface area contributed by atoms with Gasteiger partial charge in [0.05, 0.1) is 12.1 Å². The number of hydrogen-bond donors (Lipinski definition) is 3. The van der Waals surface area contributed by atoms with Crippen LogP contribution in [0.5, 0.6) is 0 Å². The van der Waals surface area contributed by atoms with Gasteiger partial charge in [-0.3, -0.25) is 19.2 Å². The van der Waals surface area contributed by atoms with E-state index in [1.54, 1.807) is 4.90 Å². The van der Waals surface area contributed by atoms with Crippen LogP contribution in [-0.2, 0) is 19.2 Å². The van der Waals surface area contributed by atoms with Crippen molar-refractivity contribution in [1.82, 2.24) is 10.2 Å². The Labute approximate surface area is 204 Å². The number of ketones is 1. The quantitative estimate of drug-likeness (QED) is 0.414. The summed E-state index contributed by atoms with van der Waals surface area (Å²) in [6, 6.07) is -1.98. The number of nitrogens with zero attached hydrogens (tertiary/aromatic N) is 1. The molecular formula is C26H46N4O4. The van der Waals surface area contributed by atoms with E-state index in [-0.39, 0.29) is 29.6 Å². The maximum Gasteiger partial charge on any atom is 0.243 e. The van der Waals surface area contributed by atoms with Crippen molar-refractivity contribution < 1.29 is 19.2 Å². The van der Waals surface area contributed by atoms with Crippen molar-refractivity contribution in [3.8, 4) is 0 Å². The highest BCUT2D eigenvalue weighted by molar-refractivity contribution is 5.94. The smallest absolute Gasteiger partial charge is 0.243 e. The third-order valence-corrected chi connectivity index (χ3v) is 8.99. The first kappa shape index (κ1) is 27.1. The summed E-state index contributed by atoms with van der Waals surface area (Å²) in [5, 5.41) is 3.00. The van der Waals surface area contributed by atoms with Gasteiger partial charge in [0.1, 0.15) is 12.6 Å². The third-order valence-electron chi connectivity index (χ3n) is 8.99. The van der Waals surface area contributed by atoms with Crippen LogP contribution in [0.15, 0.2) is 0 Å². The molecule has 5 N–H and O–H groups in total. The molecule has 0 aromatic heterocycles. The van der Waals surface area contributed by atoms with Gasteiger partial charge in [-0.25, -0.2) is 5.90 Å². The van der Waals surface area contributed by atoms with E-state index in [0.29, 0.717) is 37.1 Å². The molecule has 0 aromatic carbocycles. The molecule has 2 aliphatic carbocycles. The molecule has 0 spiro atoms. The number of carbonyl (C=O) groups is 3. The lowest BCUT2D eigenvalue weighted by Crippen LogP contribution is -2.57. The van der Waals surface area contributed by atoms with Crippen molar-refractivity contribution >= 4 is 17.6 Å². The minimum atomic E-state index is -0.704. The molecule has 8 nitrogen and oxygen atoms in total. The van der Waals surface area contributed by atoms with Crippen molar-refractivity contribution in [3.05, 3.63) is 0 Å². The van der Waals surface area contributed by atoms with Crippen molar-refractivity contribution in [2.24, 2.45) is 40.2 Å². The van der Waals surface area contributed by atoms with Crippen LogP contribution in [0.4, 0.5) is 0 Å². The second kappa shape index (κ2) is 10.6. The molecule has 0 bridgehead atoms. The topological polar surface area (TPSA) is 128 Å². The van der Waals surface area contributed by atoms with Gasteiger partial charge in [-0.05, 0) is 54.3 Å². The summed E-state index contributed by atoms with van der Waals surface area (Å²) in [6.07, 6.45) is 7.96. The summed E-state index contributed by atoms with van der Waals surface area (Å²) in [4.78, 5) is 46.4. The Morgan fingerprint density at radius 3 is 2.18 bits per heavy atom. The molecule has 4 atom stereocenters. The number of nitrogens with one attached hydrogen (secondary N) is 1. The van der Waals surface area contributed by atoms with Crippen molar-refractivity contribution in [1.29, 1.82) is 0 Å². The summed E-state index contributed by atoms with van der Waals surface area (Å²) in [7, 11) is 0. The van der Waals surface area contributed by atoms with Gasteiger partial charge in [-0.1, -0.05) is 60.3 Å². The minimum Gasteiger partial charge on any atom is -0.344 e. The molecule has 1 aliphatic heterocycles. The van der Waals surface area contributed by atoms with E-state index in [9.17, 15) is 14.4 Å². The molecule has 34 heavy (non-hydrogen) atoms. The van der Waals surface area contributed by atoms with Gasteiger partial charge in [-0.15, -0.1) is 0 Å². The summed E-state index contributed by atoms with van der Waals surface area (Å²) in [5.74, 6) is 5.75. The molecule has 3 aliphatic rings. The van der Waals surface area contributed by atoms with Gasteiger partial charge in [0, 0.05) is 6.54 Å². The second-order valence-electron chi connectivity index (χ2n) is 12.4. The number of carbonyl (C=O) groups excluding carboxylic acids is 3. The fraction of sp³-hybridized carbons (Fsp3) is 0.885. The molecule has 1 unspecified atom stereocenters. The molecule has 3 rings (SSSR count). The molecule has 1 saturated heterocycles. The lowest BCUT2D eigenvalue weighted by Gasteiger charge is -2.46. The number of likely N-dealkylation sites (tertiary alicyclic amines) is 1. The lowest BCUT2D eigenvalue weighted by molar-refractivity contribution is -0.142. The van der Waals surface area contributed by atoms with Crippen LogP contribution in [0, 0.1) is 28.6 Å². The normalized spacial score (nSPS) is 27.8. The number of amides is 2. The van der Waals surface area contributed by atoms with Gasteiger partial charge in [0.25, 0.3) is 0 Å². The summed E-state index contributed by atoms with van der Waals surface area (Å²) < 4.78 is 0. The maximum atomic E-state index is 13.7. The molecule has 2 saturated carbocycles. The molecule has 3 fully saturated rings. The average Bonchev–Trinajstić information content (AvgIpc) is 3.08. The van der Waals surface area contributed by atoms with Crippen LogP contribution in [0.2, 0.25) is 0 Å². The van der Waals surface area contributed by atoms with Crippen molar-refractivity contribution in [3.63, 3.8) is 0 Å². The van der Waals surface area contributed by atoms with Crippen LogP contribution >= 0.6 is 0 Å². The Balaban J connectivity index is 1.86. The molecular weight excluding hydrogens is 432 g/mol. The minimum absolute atomic E-state index is 0.110. The van der Waals surface area contributed by atoms with Crippen molar-refractivity contribution in [2.45, 2.75) is 104 Å². The molecule has 0 radical (unpaired) electrons. The van der Waals surface area contributed by atoms with Gasteiger partial charge < -0.3 is 16.0 Å².